The minimum Gasteiger partial charge on any atom is -0.493 e. The van der Waals surface area contributed by atoms with Gasteiger partial charge in [0.2, 0.25) is 0 Å². The van der Waals surface area contributed by atoms with Gasteiger partial charge < -0.3 is 4.74 Å². The maximum atomic E-state index is 12.4. The molecule has 1 fully saturated rings. The Morgan fingerprint density at radius 3 is 2.88 bits per heavy atom. The number of ether oxygens (including phenoxy) is 1. The first-order chi connectivity index (χ1) is 7.86. The molecule has 0 aromatic heterocycles. The summed E-state index contributed by atoms with van der Waals surface area (Å²) < 4.78 is 5.77. The van der Waals surface area contributed by atoms with Gasteiger partial charge in [-0.2, -0.15) is 0 Å². The number of rotatable bonds is 0. The Morgan fingerprint density at radius 1 is 1.12 bits per heavy atom. The normalized spacial score (nSPS) is 28.6. The van der Waals surface area contributed by atoms with E-state index in [1.165, 1.54) is 12.8 Å². The zero-order valence-electron chi connectivity index (χ0n) is 9.32. The Hall–Kier alpha value is -1.31. The van der Waals surface area contributed by atoms with Crippen molar-refractivity contribution < 1.29 is 9.53 Å². The zero-order valence-corrected chi connectivity index (χ0v) is 9.32. The minimum absolute atomic E-state index is 0.206. The Labute approximate surface area is 95.6 Å². The van der Waals surface area contributed by atoms with Crippen molar-refractivity contribution in [3.05, 3.63) is 29.8 Å². The lowest BCUT2D eigenvalue weighted by Crippen LogP contribution is -2.28. The van der Waals surface area contributed by atoms with Gasteiger partial charge in [0.15, 0.2) is 5.78 Å². The topological polar surface area (TPSA) is 26.3 Å². The smallest absolute Gasteiger partial charge is 0.170 e. The summed E-state index contributed by atoms with van der Waals surface area (Å²) in [4.78, 5) is 12.4. The van der Waals surface area contributed by atoms with Crippen LogP contribution in [0.2, 0.25) is 0 Å². The van der Waals surface area contributed by atoms with E-state index in [4.69, 9.17) is 4.74 Å². The lowest BCUT2D eigenvalue weighted by Gasteiger charge is -2.27. The highest BCUT2D eigenvalue weighted by Crippen LogP contribution is 2.37. The summed E-state index contributed by atoms with van der Waals surface area (Å²) in [6.07, 6.45) is 4.62. The van der Waals surface area contributed by atoms with Crippen LogP contribution in [0.1, 0.15) is 36.0 Å². The fourth-order valence-corrected chi connectivity index (χ4v) is 2.94. The third-order valence-electron chi connectivity index (χ3n) is 3.85. The first-order valence-corrected chi connectivity index (χ1v) is 6.12. The second-order valence-electron chi connectivity index (χ2n) is 4.82. The number of para-hydroxylation sites is 1. The predicted molar refractivity (Wildman–Crippen MR) is 61.7 cm³/mol. The lowest BCUT2D eigenvalue weighted by molar-refractivity contribution is 0.0802. The molecule has 0 amide bonds. The van der Waals surface area contributed by atoms with Crippen LogP contribution in [0.25, 0.3) is 0 Å². The molecule has 2 nitrogen and oxygen atoms in total. The molecule has 0 N–H and O–H groups in total. The molecule has 0 spiro atoms. The highest BCUT2D eigenvalue weighted by molar-refractivity contribution is 6.00. The van der Waals surface area contributed by atoms with E-state index in [2.05, 4.69) is 0 Å². The molecule has 0 unspecified atom stereocenters. The third kappa shape index (κ3) is 1.53. The van der Waals surface area contributed by atoms with E-state index < -0.39 is 0 Å². The molecule has 16 heavy (non-hydrogen) atoms. The Morgan fingerprint density at radius 2 is 1.94 bits per heavy atom. The van der Waals surface area contributed by atoms with Crippen LogP contribution in [0.4, 0.5) is 0 Å². The quantitative estimate of drug-likeness (QED) is 0.666. The zero-order chi connectivity index (χ0) is 11.0. The van der Waals surface area contributed by atoms with Crippen LogP contribution < -0.4 is 4.74 Å². The van der Waals surface area contributed by atoms with Gasteiger partial charge in [0.1, 0.15) is 5.75 Å². The summed E-state index contributed by atoms with van der Waals surface area (Å²) in [6, 6.07) is 7.66. The number of hydrogen-bond acceptors (Lipinski definition) is 2. The van der Waals surface area contributed by atoms with E-state index in [0.29, 0.717) is 18.3 Å². The molecule has 1 aliphatic carbocycles. The van der Waals surface area contributed by atoms with E-state index in [9.17, 15) is 4.79 Å². The SMILES string of the molecule is O=C1c2ccccc2OC[C@@H]2CCCC[C@@H]12. The van der Waals surface area contributed by atoms with Gasteiger partial charge in [0, 0.05) is 11.8 Å². The van der Waals surface area contributed by atoms with Crippen molar-refractivity contribution in [2.75, 3.05) is 6.61 Å². The van der Waals surface area contributed by atoms with Gasteiger partial charge in [-0.3, -0.25) is 4.79 Å². The molecule has 0 radical (unpaired) electrons. The molecule has 1 aromatic rings. The van der Waals surface area contributed by atoms with E-state index in [-0.39, 0.29) is 5.92 Å². The van der Waals surface area contributed by atoms with Crippen molar-refractivity contribution in [2.24, 2.45) is 11.8 Å². The monoisotopic (exact) mass is 216 g/mol. The van der Waals surface area contributed by atoms with Gasteiger partial charge in [0.25, 0.3) is 0 Å². The lowest BCUT2D eigenvalue weighted by atomic mass is 9.76. The number of fused-ring (bicyclic) bond motifs is 2. The number of benzene rings is 1. The van der Waals surface area contributed by atoms with Crippen LogP contribution >= 0.6 is 0 Å². The molecule has 2 aliphatic rings. The second kappa shape index (κ2) is 3.93. The highest BCUT2D eigenvalue weighted by Gasteiger charge is 2.35. The van der Waals surface area contributed by atoms with Gasteiger partial charge in [-0.1, -0.05) is 25.0 Å². The minimum atomic E-state index is 0.206. The maximum absolute atomic E-state index is 12.4. The summed E-state index contributed by atoms with van der Waals surface area (Å²) >= 11 is 0. The molecular formula is C14H16O2. The first kappa shape index (κ1) is 9.88. The second-order valence-corrected chi connectivity index (χ2v) is 4.82. The van der Waals surface area contributed by atoms with Crippen LogP contribution in [0.5, 0.6) is 5.75 Å². The van der Waals surface area contributed by atoms with Crippen LogP contribution in [0, 0.1) is 11.8 Å². The standard InChI is InChI=1S/C14H16O2/c15-14-11-6-2-1-5-10(11)9-16-13-8-4-3-7-12(13)14/h3-4,7-8,10-11H,1-2,5-6,9H2/t10-,11+/m0/s1. The van der Waals surface area contributed by atoms with Crippen molar-refractivity contribution in [2.45, 2.75) is 25.7 Å². The summed E-state index contributed by atoms with van der Waals surface area (Å²) in [7, 11) is 0. The van der Waals surface area contributed by atoms with E-state index >= 15 is 0 Å². The summed E-state index contributed by atoms with van der Waals surface area (Å²) in [6.45, 7) is 0.716. The molecule has 84 valence electrons. The van der Waals surface area contributed by atoms with Crippen LogP contribution in [0.3, 0.4) is 0 Å². The molecule has 1 aliphatic heterocycles. The Bertz CT molecular complexity index is 411. The average Bonchev–Trinajstić information content (AvgIpc) is 2.49. The van der Waals surface area contributed by atoms with E-state index in [0.717, 1.165) is 24.2 Å². The summed E-state index contributed by atoms with van der Waals surface area (Å²) in [5.74, 6) is 1.73. The molecule has 1 heterocycles. The molecule has 3 rings (SSSR count). The van der Waals surface area contributed by atoms with Gasteiger partial charge in [-0.25, -0.2) is 0 Å². The summed E-state index contributed by atoms with van der Waals surface area (Å²) in [5.41, 5.74) is 0.789. The molecule has 2 heteroatoms. The highest BCUT2D eigenvalue weighted by atomic mass is 16.5. The Balaban J connectivity index is 1.99. The number of carbonyl (C=O) groups excluding carboxylic acids is 1. The Kier molecular flexibility index (Phi) is 2.43. The van der Waals surface area contributed by atoms with Crippen molar-refractivity contribution in [1.29, 1.82) is 0 Å². The van der Waals surface area contributed by atoms with Crippen molar-refractivity contribution in [1.82, 2.24) is 0 Å². The average molecular weight is 216 g/mol. The van der Waals surface area contributed by atoms with Gasteiger partial charge in [-0.15, -0.1) is 0 Å². The van der Waals surface area contributed by atoms with Crippen LogP contribution in [0.15, 0.2) is 24.3 Å². The van der Waals surface area contributed by atoms with E-state index in [1.807, 2.05) is 24.3 Å². The fourth-order valence-electron chi connectivity index (χ4n) is 2.94. The molecule has 2 atom stereocenters. The van der Waals surface area contributed by atoms with Gasteiger partial charge >= 0.3 is 0 Å². The van der Waals surface area contributed by atoms with Gasteiger partial charge in [0.05, 0.1) is 12.2 Å². The fraction of sp³-hybridized carbons (Fsp3) is 0.500. The van der Waals surface area contributed by atoms with Crippen molar-refractivity contribution >= 4 is 5.78 Å². The predicted octanol–water partition coefficient (Wildman–Crippen LogP) is 3.07. The first-order valence-electron chi connectivity index (χ1n) is 6.12. The molecule has 0 saturated heterocycles. The van der Waals surface area contributed by atoms with E-state index in [1.54, 1.807) is 0 Å². The van der Waals surface area contributed by atoms with Crippen molar-refractivity contribution in [3.63, 3.8) is 0 Å². The number of hydrogen-bond donors (Lipinski definition) is 0. The number of ketones is 1. The molecular weight excluding hydrogens is 200 g/mol. The number of carbonyl (C=O) groups is 1. The van der Waals surface area contributed by atoms with Crippen LogP contribution in [-0.4, -0.2) is 12.4 Å². The molecule has 1 aromatic carbocycles. The maximum Gasteiger partial charge on any atom is 0.170 e. The molecule has 1 saturated carbocycles. The largest absolute Gasteiger partial charge is 0.493 e. The molecule has 0 bridgehead atoms. The van der Waals surface area contributed by atoms with Crippen LogP contribution in [-0.2, 0) is 0 Å². The van der Waals surface area contributed by atoms with Crippen molar-refractivity contribution in [3.8, 4) is 5.75 Å². The van der Waals surface area contributed by atoms with Gasteiger partial charge in [-0.05, 0) is 25.0 Å². The number of Topliss-reactive ketones (excluding diaryl/α,β-unsaturated/α-hetero) is 1. The third-order valence-corrected chi connectivity index (χ3v) is 3.85. The summed E-state index contributed by atoms with van der Waals surface area (Å²) in [5, 5.41) is 0.